The van der Waals surface area contributed by atoms with Gasteiger partial charge in [0.15, 0.2) is 5.96 Å². The summed E-state index contributed by atoms with van der Waals surface area (Å²) in [6.07, 6.45) is 6.11. The highest BCUT2D eigenvalue weighted by Crippen LogP contribution is 2.11. The summed E-state index contributed by atoms with van der Waals surface area (Å²) in [5.74, 6) is 1.43. The van der Waals surface area contributed by atoms with Crippen LogP contribution in [-0.4, -0.2) is 31.8 Å². The average molecular weight is 359 g/mol. The standard InChI is InChI=1S/C20H26FN3O2/c21-17-8-6-16(7-9-17)14-23-20(22-11-10-18-5-3-13-25-18)24-15-19-4-1-2-12-26-19/h3,5-9,13,19H,1-2,4,10-12,14-15H2,(H2,22,23,24). The van der Waals surface area contributed by atoms with Crippen molar-refractivity contribution < 1.29 is 13.5 Å². The Hall–Kier alpha value is -2.34. The van der Waals surface area contributed by atoms with Gasteiger partial charge in [0.25, 0.3) is 0 Å². The van der Waals surface area contributed by atoms with Gasteiger partial charge in [-0.25, -0.2) is 9.38 Å². The first-order valence-electron chi connectivity index (χ1n) is 9.20. The summed E-state index contributed by atoms with van der Waals surface area (Å²) in [7, 11) is 0. The fourth-order valence-corrected chi connectivity index (χ4v) is 2.87. The van der Waals surface area contributed by atoms with Crippen LogP contribution in [0.3, 0.4) is 0 Å². The molecule has 1 unspecified atom stereocenters. The lowest BCUT2D eigenvalue weighted by Crippen LogP contribution is -2.43. The third-order valence-corrected chi connectivity index (χ3v) is 4.35. The Kier molecular flexibility index (Phi) is 7.07. The van der Waals surface area contributed by atoms with Gasteiger partial charge in [0.2, 0.25) is 0 Å². The predicted octanol–water partition coefficient (Wildman–Crippen LogP) is 3.27. The van der Waals surface area contributed by atoms with Crippen molar-refractivity contribution in [1.82, 2.24) is 10.6 Å². The van der Waals surface area contributed by atoms with Crippen molar-refractivity contribution in [2.45, 2.75) is 38.3 Å². The molecule has 0 amide bonds. The first kappa shape index (κ1) is 18.5. The van der Waals surface area contributed by atoms with E-state index >= 15 is 0 Å². The van der Waals surface area contributed by atoms with E-state index in [0.29, 0.717) is 13.1 Å². The summed E-state index contributed by atoms with van der Waals surface area (Å²) >= 11 is 0. The zero-order valence-electron chi connectivity index (χ0n) is 14.9. The van der Waals surface area contributed by atoms with Crippen LogP contribution < -0.4 is 10.6 Å². The number of aliphatic imine (C=N–C) groups is 1. The molecule has 1 aliphatic heterocycles. The van der Waals surface area contributed by atoms with Crippen LogP contribution >= 0.6 is 0 Å². The fraction of sp³-hybridized carbons (Fsp3) is 0.450. The summed E-state index contributed by atoms with van der Waals surface area (Å²) in [5.41, 5.74) is 0.965. The Morgan fingerprint density at radius 2 is 2.04 bits per heavy atom. The Labute approximate surface area is 153 Å². The molecule has 1 fully saturated rings. The van der Waals surface area contributed by atoms with Crippen molar-refractivity contribution in [2.75, 3.05) is 19.7 Å². The lowest BCUT2D eigenvalue weighted by Gasteiger charge is -2.23. The molecule has 5 nitrogen and oxygen atoms in total. The molecule has 2 N–H and O–H groups in total. The van der Waals surface area contributed by atoms with Gasteiger partial charge in [0.05, 0.1) is 18.9 Å². The van der Waals surface area contributed by atoms with Crippen LogP contribution in [0.15, 0.2) is 52.1 Å². The van der Waals surface area contributed by atoms with Crippen LogP contribution in [0.5, 0.6) is 0 Å². The van der Waals surface area contributed by atoms with Gasteiger partial charge in [0, 0.05) is 26.1 Å². The highest BCUT2D eigenvalue weighted by Gasteiger charge is 2.14. The number of hydrogen-bond donors (Lipinski definition) is 2. The summed E-state index contributed by atoms with van der Waals surface area (Å²) in [5, 5.41) is 6.69. The van der Waals surface area contributed by atoms with Crippen molar-refractivity contribution >= 4 is 5.96 Å². The van der Waals surface area contributed by atoms with E-state index < -0.39 is 0 Å². The van der Waals surface area contributed by atoms with Gasteiger partial charge < -0.3 is 19.8 Å². The van der Waals surface area contributed by atoms with Crippen molar-refractivity contribution in [3.63, 3.8) is 0 Å². The van der Waals surface area contributed by atoms with Crippen LogP contribution in [0, 0.1) is 5.82 Å². The predicted molar refractivity (Wildman–Crippen MR) is 99.5 cm³/mol. The number of nitrogens with zero attached hydrogens (tertiary/aromatic N) is 1. The minimum Gasteiger partial charge on any atom is -0.469 e. The van der Waals surface area contributed by atoms with E-state index in [1.165, 1.54) is 18.6 Å². The molecule has 1 aliphatic rings. The van der Waals surface area contributed by atoms with Gasteiger partial charge in [-0.05, 0) is 49.1 Å². The second-order valence-electron chi connectivity index (χ2n) is 6.42. The van der Waals surface area contributed by atoms with Gasteiger partial charge in [-0.15, -0.1) is 0 Å². The second kappa shape index (κ2) is 9.97. The van der Waals surface area contributed by atoms with Crippen LogP contribution in [-0.2, 0) is 17.7 Å². The Morgan fingerprint density at radius 3 is 2.77 bits per heavy atom. The van der Waals surface area contributed by atoms with E-state index in [9.17, 15) is 4.39 Å². The molecule has 140 valence electrons. The van der Waals surface area contributed by atoms with Crippen molar-refractivity contribution in [3.05, 3.63) is 59.8 Å². The Bertz CT molecular complexity index is 665. The molecule has 2 heterocycles. The molecule has 6 heteroatoms. The number of ether oxygens (including phenoxy) is 1. The maximum Gasteiger partial charge on any atom is 0.191 e. The number of rotatable bonds is 7. The first-order chi connectivity index (χ1) is 12.8. The van der Waals surface area contributed by atoms with Gasteiger partial charge in [-0.1, -0.05) is 12.1 Å². The normalized spacial score (nSPS) is 17.9. The van der Waals surface area contributed by atoms with Crippen LogP contribution in [0.1, 0.15) is 30.6 Å². The zero-order chi connectivity index (χ0) is 18.0. The minimum absolute atomic E-state index is 0.228. The van der Waals surface area contributed by atoms with E-state index in [0.717, 1.165) is 49.7 Å². The lowest BCUT2D eigenvalue weighted by atomic mass is 10.1. The third kappa shape index (κ3) is 6.19. The molecule has 26 heavy (non-hydrogen) atoms. The van der Waals surface area contributed by atoms with Crippen LogP contribution in [0.25, 0.3) is 0 Å². The smallest absolute Gasteiger partial charge is 0.191 e. The Morgan fingerprint density at radius 1 is 1.15 bits per heavy atom. The van der Waals surface area contributed by atoms with Gasteiger partial charge in [0.1, 0.15) is 11.6 Å². The molecular weight excluding hydrogens is 333 g/mol. The topological polar surface area (TPSA) is 58.8 Å². The quantitative estimate of drug-likeness (QED) is 0.588. The highest BCUT2D eigenvalue weighted by atomic mass is 19.1. The van der Waals surface area contributed by atoms with Crippen molar-refractivity contribution in [2.24, 2.45) is 4.99 Å². The second-order valence-corrected chi connectivity index (χ2v) is 6.42. The van der Waals surface area contributed by atoms with E-state index in [2.05, 4.69) is 15.6 Å². The molecule has 1 atom stereocenters. The van der Waals surface area contributed by atoms with Crippen molar-refractivity contribution in [3.8, 4) is 0 Å². The molecule has 0 bridgehead atoms. The number of benzene rings is 1. The first-order valence-corrected chi connectivity index (χ1v) is 9.20. The monoisotopic (exact) mass is 359 g/mol. The number of nitrogens with one attached hydrogen (secondary N) is 2. The summed E-state index contributed by atoms with van der Waals surface area (Å²) < 4.78 is 24.2. The maximum atomic E-state index is 13.0. The fourth-order valence-electron chi connectivity index (χ4n) is 2.87. The number of hydrogen-bond acceptors (Lipinski definition) is 3. The third-order valence-electron chi connectivity index (χ3n) is 4.35. The van der Waals surface area contributed by atoms with E-state index in [4.69, 9.17) is 9.15 Å². The Balaban J connectivity index is 1.53. The highest BCUT2D eigenvalue weighted by molar-refractivity contribution is 5.79. The number of halogens is 1. The SMILES string of the molecule is Fc1ccc(CN=C(NCCc2ccco2)NCC2CCCCO2)cc1. The maximum absolute atomic E-state index is 13.0. The zero-order valence-corrected chi connectivity index (χ0v) is 14.9. The van der Waals surface area contributed by atoms with Crippen molar-refractivity contribution in [1.29, 1.82) is 0 Å². The molecule has 0 aliphatic carbocycles. The summed E-state index contributed by atoms with van der Waals surface area (Å²) in [6.45, 7) is 2.77. The average Bonchev–Trinajstić information content (AvgIpc) is 3.19. The van der Waals surface area contributed by atoms with Crippen LogP contribution in [0.4, 0.5) is 4.39 Å². The minimum atomic E-state index is -0.234. The molecule has 3 rings (SSSR count). The van der Waals surface area contributed by atoms with Gasteiger partial charge in [-0.2, -0.15) is 0 Å². The molecule has 1 saturated heterocycles. The van der Waals surface area contributed by atoms with E-state index in [1.807, 2.05) is 12.1 Å². The van der Waals surface area contributed by atoms with Crippen LogP contribution in [0.2, 0.25) is 0 Å². The van der Waals surface area contributed by atoms with E-state index in [-0.39, 0.29) is 11.9 Å². The summed E-state index contributed by atoms with van der Waals surface area (Å²) in [4.78, 5) is 4.61. The van der Waals surface area contributed by atoms with Gasteiger partial charge in [-0.3, -0.25) is 0 Å². The molecule has 0 saturated carbocycles. The largest absolute Gasteiger partial charge is 0.469 e. The van der Waals surface area contributed by atoms with Gasteiger partial charge >= 0.3 is 0 Å². The molecule has 2 aromatic rings. The molecule has 1 aromatic heterocycles. The molecule has 0 spiro atoms. The molecule has 0 radical (unpaired) electrons. The number of furan rings is 1. The lowest BCUT2D eigenvalue weighted by molar-refractivity contribution is 0.0194. The number of guanidine groups is 1. The molecular formula is C20H26FN3O2. The summed E-state index contributed by atoms with van der Waals surface area (Å²) in [6, 6.07) is 10.3. The van der Waals surface area contributed by atoms with E-state index in [1.54, 1.807) is 18.4 Å². The molecule has 1 aromatic carbocycles.